The van der Waals surface area contributed by atoms with Gasteiger partial charge in [-0.15, -0.1) is 0 Å². The van der Waals surface area contributed by atoms with Gasteiger partial charge >= 0.3 is 5.97 Å². The van der Waals surface area contributed by atoms with E-state index in [0.717, 1.165) is 22.1 Å². The molecule has 96 valence electrons. The molecular weight excluding hydrogens is 228 g/mol. The van der Waals surface area contributed by atoms with Crippen molar-refractivity contribution in [1.82, 2.24) is 0 Å². The molecule has 3 nitrogen and oxygen atoms in total. The van der Waals surface area contributed by atoms with Gasteiger partial charge in [0.2, 0.25) is 5.76 Å². The summed E-state index contributed by atoms with van der Waals surface area (Å²) in [4.78, 5) is 11.4. The fourth-order valence-electron chi connectivity index (χ4n) is 2.36. The van der Waals surface area contributed by atoms with Gasteiger partial charge in [0.05, 0.1) is 0 Å². The molecule has 0 amide bonds. The number of carbonyl (C=O) groups is 1. The Kier molecular flexibility index (Phi) is 2.73. The molecule has 0 aliphatic rings. The maximum absolute atomic E-state index is 11.4. The fraction of sp³-hybridized carbons (Fsp3) is 0.400. The lowest BCUT2D eigenvalue weighted by Crippen LogP contribution is -2.15. The number of hydrogen-bond acceptors (Lipinski definition) is 2. The van der Waals surface area contributed by atoms with E-state index in [1.54, 1.807) is 0 Å². The van der Waals surface area contributed by atoms with Crippen LogP contribution in [0.2, 0.25) is 0 Å². The van der Waals surface area contributed by atoms with Crippen molar-refractivity contribution < 1.29 is 14.3 Å². The number of furan rings is 1. The van der Waals surface area contributed by atoms with Crippen LogP contribution in [-0.4, -0.2) is 11.1 Å². The van der Waals surface area contributed by atoms with E-state index < -0.39 is 5.97 Å². The van der Waals surface area contributed by atoms with Crippen molar-refractivity contribution in [3.63, 3.8) is 0 Å². The summed E-state index contributed by atoms with van der Waals surface area (Å²) in [6, 6.07) is 3.97. The summed E-state index contributed by atoms with van der Waals surface area (Å²) in [5.74, 6) is -0.940. The van der Waals surface area contributed by atoms with Gasteiger partial charge in [-0.25, -0.2) is 4.79 Å². The van der Waals surface area contributed by atoms with Gasteiger partial charge in [-0.1, -0.05) is 32.9 Å². The standard InChI is InChI=1S/C15H18O3/c1-8-6-7-9(2)12-10(8)11(15(3,4)5)13(18-12)14(16)17/h6-7H,1-5H3,(H,16,17). The minimum Gasteiger partial charge on any atom is -0.475 e. The van der Waals surface area contributed by atoms with Gasteiger partial charge in [0.15, 0.2) is 0 Å². The number of carboxylic acids is 1. The average molecular weight is 246 g/mol. The van der Waals surface area contributed by atoms with Crippen molar-refractivity contribution in [2.75, 3.05) is 0 Å². The highest BCUT2D eigenvalue weighted by molar-refractivity contribution is 5.98. The Bertz CT molecular complexity index is 627. The smallest absolute Gasteiger partial charge is 0.372 e. The van der Waals surface area contributed by atoms with Gasteiger partial charge in [0.25, 0.3) is 0 Å². The van der Waals surface area contributed by atoms with Crippen LogP contribution < -0.4 is 0 Å². The zero-order chi connectivity index (χ0) is 13.7. The second kappa shape index (κ2) is 3.87. The summed E-state index contributed by atoms with van der Waals surface area (Å²) in [7, 11) is 0. The molecular formula is C15H18O3. The molecule has 1 heterocycles. The zero-order valence-corrected chi connectivity index (χ0v) is 11.4. The molecule has 0 atom stereocenters. The first-order valence-corrected chi connectivity index (χ1v) is 6.00. The first kappa shape index (κ1) is 12.7. The summed E-state index contributed by atoms with van der Waals surface area (Å²) in [6.45, 7) is 9.93. The summed E-state index contributed by atoms with van der Waals surface area (Å²) in [5, 5.41) is 10.3. The predicted molar refractivity (Wildman–Crippen MR) is 71.3 cm³/mol. The molecule has 1 aromatic carbocycles. The highest BCUT2D eigenvalue weighted by Gasteiger charge is 2.30. The average Bonchev–Trinajstić information content (AvgIpc) is 2.64. The van der Waals surface area contributed by atoms with Crippen molar-refractivity contribution in [3.05, 3.63) is 34.6 Å². The molecule has 0 saturated carbocycles. The van der Waals surface area contributed by atoms with E-state index in [2.05, 4.69) is 0 Å². The van der Waals surface area contributed by atoms with Crippen molar-refractivity contribution in [2.24, 2.45) is 0 Å². The third-order valence-electron chi connectivity index (χ3n) is 3.19. The van der Waals surface area contributed by atoms with E-state index in [4.69, 9.17) is 4.42 Å². The Morgan fingerprint density at radius 3 is 2.22 bits per heavy atom. The van der Waals surface area contributed by atoms with Crippen LogP contribution in [0, 0.1) is 13.8 Å². The first-order valence-electron chi connectivity index (χ1n) is 6.00. The van der Waals surface area contributed by atoms with E-state index >= 15 is 0 Å². The summed E-state index contributed by atoms with van der Waals surface area (Å²) < 4.78 is 5.60. The molecule has 0 fully saturated rings. The van der Waals surface area contributed by atoms with Gasteiger partial charge in [0.1, 0.15) is 5.58 Å². The van der Waals surface area contributed by atoms with Crippen molar-refractivity contribution in [3.8, 4) is 0 Å². The lowest BCUT2D eigenvalue weighted by atomic mass is 9.83. The van der Waals surface area contributed by atoms with Crippen LogP contribution in [0.15, 0.2) is 16.5 Å². The van der Waals surface area contributed by atoms with Crippen LogP contribution in [-0.2, 0) is 5.41 Å². The van der Waals surface area contributed by atoms with Crippen LogP contribution in [0.3, 0.4) is 0 Å². The lowest BCUT2D eigenvalue weighted by Gasteiger charge is -2.18. The fourth-order valence-corrected chi connectivity index (χ4v) is 2.36. The summed E-state index contributed by atoms with van der Waals surface area (Å²) >= 11 is 0. The third kappa shape index (κ3) is 1.80. The lowest BCUT2D eigenvalue weighted by molar-refractivity contribution is 0.0661. The highest BCUT2D eigenvalue weighted by Crippen LogP contribution is 2.38. The Morgan fingerprint density at radius 1 is 1.17 bits per heavy atom. The van der Waals surface area contributed by atoms with Crippen LogP contribution >= 0.6 is 0 Å². The Hall–Kier alpha value is -1.77. The number of aryl methyl sites for hydroxylation is 2. The number of hydrogen-bond donors (Lipinski definition) is 1. The largest absolute Gasteiger partial charge is 0.475 e. The van der Waals surface area contributed by atoms with E-state index in [1.165, 1.54) is 0 Å². The number of aromatic carboxylic acids is 1. The number of benzene rings is 1. The maximum atomic E-state index is 11.4. The molecule has 0 radical (unpaired) electrons. The molecule has 1 N–H and O–H groups in total. The van der Waals surface area contributed by atoms with Crippen molar-refractivity contribution >= 4 is 16.9 Å². The maximum Gasteiger partial charge on any atom is 0.372 e. The summed E-state index contributed by atoms with van der Waals surface area (Å²) in [5.41, 5.74) is 3.23. The molecule has 0 saturated heterocycles. The monoisotopic (exact) mass is 246 g/mol. The van der Waals surface area contributed by atoms with Crippen LogP contribution in [0.5, 0.6) is 0 Å². The molecule has 0 unspecified atom stereocenters. The molecule has 2 rings (SSSR count). The van der Waals surface area contributed by atoms with Gasteiger partial charge < -0.3 is 9.52 Å². The molecule has 0 bridgehead atoms. The quantitative estimate of drug-likeness (QED) is 0.826. The van der Waals surface area contributed by atoms with Gasteiger partial charge in [0, 0.05) is 10.9 Å². The number of carboxylic acid groups (broad SMARTS) is 1. The van der Waals surface area contributed by atoms with E-state index in [-0.39, 0.29) is 11.2 Å². The molecule has 2 aromatic rings. The van der Waals surface area contributed by atoms with Crippen molar-refractivity contribution in [1.29, 1.82) is 0 Å². The minimum absolute atomic E-state index is 0.0647. The third-order valence-corrected chi connectivity index (χ3v) is 3.19. The van der Waals surface area contributed by atoms with Crippen molar-refractivity contribution in [2.45, 2.75) is 40.0 Å². The minimum atomic E-state index is -1.00. The van der Waals surface area contributed by atoms with Crippen LogP contribution in [0.1, 0.15) is 48.0 Å². The zero-order valence-electron chi connectivity index (χ0n) is 11.4. The summed E-state index contributed by atoms with van der Waals surface area (Å²) in [6.07, 6.45) is 0. The second-order valence-corrected chi connectivity index (χ2v) is 5.76. The van der Waals surface area contributed by atoms with Gasteiger partial charge in [-0.2, -0.15) is 0 Å². The normalized spacial score (nSPS) is 12.1. The first-order chi connectivity index (χ1) is 8.23. The Morgan fingerprint density at radius 2 is 1.72 bits per heavy atom. The van der Waals surface area contributed by atoms with Crippen LogP contribution in [0.4, 0.5) is 0 Å². The molecule has 18 heavy (non-hydrogen) atoms. The molecule has 0 spiro atoms. The Labute approximate surface area is 106 Å². The van der Waals surface area contributed by atoms with Gasteiger partial charge in [-0.05, 0) is 30.4 Å². The number of fused-ring (bicyclic) bond motifs is 1. The molecule has 0 aliphatic heterocycles. The predicted octanol–water partition coefficient (Wildman–Crippen LogP) is 4.05. The van der Waals surface area contributed by atoms with Gasteiger partial charge in [-0.3, -0.25) is 0 Å². The van der Waals surface area contributed by atoms with Crippen LogP contribution in [0.25, 0.3) is 11.0 Å². The van der Waals surface area contributed by atoms with E-state index in [1.807, 2.05) is 46.8 Å². The second-order valence-electron chi connectivity index (χ2n) is 5.76. The molecule has 0 aliphatic carbocycles. The Balaban J connectivity index is 3.00. The number of rotatable bonds is 1. The molecule has 3 heteroatoms. The topological polar surface area (TPSA) is 50.4 Å². The molecule has 1 aromatic heterocycles. The van der Waals surface area contributed by atoms with E-state index in [0.29, 0.717) is 5.58 Å². The SMILES string of the molecule is Cc1ccc(C)c2c(C(C)(C)C)c(C(=O)O)oc12. The van der Waals surface area contributed by atoms with E-state index in [9.17, 15) is 9.90 Å². The highest BCUT2D eigenvalue weighted by atomic mass is 16.4.